The summed E-state index contributed by atoms with van der Waals surface area (Å²) in [4.78, 5) is 16.1. The molecule has 0 aromatic rings. The minimum absolute atomic E-state index is 0.256. The Morgan fingerprint density at radius 3 is 2.56 bits per heavy atom. The molecule has 2 rings (SSSR count). The van der Waals surface area contributed by atoms with Crippen molar-refractivity contribution in [3.05, 3.63) is 0 Å². The van der Waals surface area contributed by atoms with Crippen LogP contribution < -0.4 is 0 Å². The molecule has 0 aromatic carbocycles. The first-order chi connectivity index (χ1) is 8.59. The molecule has 0 aliphatic carbocycles. The predicted molar refractivity (Wildman–Crippen MR) is 71.7 cm³/mol. The molecular weight excluding hydrogens is 228 g/mol. The zero-order chi connectivity index (χ0) is 13.1. The van der Waals surface area contributed by atoms with Gasteiger partial charge >= 0.3 is 5.97 Å². The fourth-order valence-electron chi connectivity index (χ4n) is 3.41. The Morgan fingerprint density at radius 2 is 1.94 bits per heavy atom. The SMILES string of the molecule is CC1CC(N2CCCCCCC2C(=O)O)CN1C. The molecule has 1 N–H and O–H groups in total. The third kappa shape index (κ3) is 3.04. The molecular formula is C14H26N2O2. The Labute approximate surface area is 110 Å². The van der Waals surface area contributed by atoms with Crippen molar-refractivity contribution in [2.24, 2.45) is 0 Å². The van der Waals surface area contributed by atoms with Crippen LogP contribution in [0.5, 0.6) is 0 Å². The molecule has 0 amide bonds. The van der Waals surface area contributed by atoms with Crippen molar-refractivity contribution in [2.75, 3.05) is 20.1 Å². The van der Waals surface area contributed by atoms with E-state index in [4.69, 9.17) is 0 Å². The summed E-state index contributed by atoms with van der Waals surface area (Å²) in [6.07, 6.45) is 6.59. The highest BCUT2D eigenvalue weighted by atomic mass is 16.4. The van der Waals surface area contributed by atoms with Gasteiger partial charge in [-0.2, -0.15) is 0 Å². The van der Waals surface area contributed by atoms with Gasteiger partial charge in [0.15, 0.2) is 0 Å². The zero-order valence-electron chi connectivity index (χ0n) is 11.6. The second kappa shape index (κ2) is 6.02. The summed E-state index contributed by atoms with van der Waals surface area (Å²) in [5.41, 5.74) is 0. The molecule has 0 saturated carbocycles. The number of rotatable bonds is 2. The van der Waals surface area contributed by atoms with E-state index in [-0.39, 0.29) is 6.04 Å². The Hall–Kier alpha value is -0.610. The maximum Gasteiger partial charge on any atom is 0.320 e. The van der Waals surface area contributed by atoms with Crippen molar-refractivity contribution < 1.29 is 9.90 Å². The second-order valence-corrected chi connectivity index (χ2v) is 5.97. The molecule has 2 heterocycles. The highest BCUT2D eigenvalue weighted by Gasteiger charge is 2.36. The molecule has 2 fully saturated rings. The van der Waals surface area contributed by atoms with Crippen molar-refractivity contribution in [3.63, 3.8) is 0 Å². The smallest absolute Gasteiger partial charge is 0.320 e. The van der Waals surface area contributed by atoms with E-state index in [1.165, 1.54) is 12.8 Å². The third-order valence-electron chi connectivity index (χ3n) is 4.66. The van der Waals surface area contributed by atoms with E-state index in [0.717, 1.165) is 38.8 Å². The molecule has 0 radical (unpaired) electrons. The number of likely N-dealkylation sites (tertiary alicyclic amines) is 2. The summed E-state index contributed by atoms with van der Waals surface area (Å²) in [6.45, 7) is 4.22. The Balaban J connectivity index is 2.07. The summed E-state index contributed by atoms with van der Waals surface area (Å²) < 4.78 is 0. The van der Waals surface area contributed by atoms with Gasteiger partial charge in [0.2, 0.25) is 0 Å². The predicted octanol–water partition coefficient (Wildman–Crippen LogP) is 1.80. The number of aliphatic carboxylic acids is 1. The maximum atomic E-state index is 11.5. The maximum absolute atomic E-state index is 11.5. The van der Waals surface area contributed by atoms with E-state index in [9.17, 15) is 9.90 Å². The first kappa shape index (κ1) is 13.8. The van der Waals surface area contributed by atoms with Crippen LogP contribution in [0.4, 0.5) is 0 Å². The minimum atomic E-state index is -0.626. The van der Waals surface area contributed by atoms with Gasteiger partial charge in [0.05, 0.1) is 0 Å². The second-order valence-electron chi connectivity index (χ2n) is 5.97. The van der Waals surface area contributed by atoms with E-state index in [1.54, 1.807) is 0 Å². The molecule has 18 heavy (non-hydrogen) atoms. The molecule has 2 aliphatic heterocycles. The van der Waals surface area contributed by atoms with Gasteiger partial charge < -0.3 is 10.0 Å². The average Bonchev–Trinajstić information content (AvgIpc) is 2.58. The van der Waals surface area contributed by atoms with Crippen LogP contribution in [0.25, 0.3) is 0 Å². The number of hydrogen-bond donors (Lipinski definition) is 1. The van der Waals surface area contributed by atoms with Gasteiger partial charge in [-0.05, 0) is 39.8 Å². The standard InChI is InChI=1S/C14H26N2O2/c1-11-9-12(10-15(11)2)16-8-6-4-3-5-7-13(16)14(17)18/h11-13H,3-10H2,1-2H3,(H,17,18). The Kier molecular flexibility index (Phi) is 4.62. The summed E-state index contributed by atoms with van der Waals surface area (Å²) in [7, 11) is 2.14. The van der Waals surface area contributed by atoms with Gasteiger partial charge in [-0.25, -0.2) is 0 Å². The topological polar surface area (TPSA) is 43.8 Å². The Morgan fingerprint density at radius 1 is 1.22 bits per heavy atom. The fourth-order valence-corrected chi connectivity index (χ4v) is 3.41. The van der Waals surface area contributed by atoms with Gasteiger partial charge in [0.25, 0.3) is 0 Å². The summed E-state index contributed by atoms with van der Waals surface area (Å²) in [6, 6.07) is 0.757. The lowest BCUT2D eigenvalue weighted by atomic mass is 9.99. The summed E-state index contributed by atoms with van der Waals surface area (Å²) >= 11 is 0. The quantitative estimate of drug-likeness (QED) is 0.816. The van der Waals surface area contributed by atoms with E-state index < -0.39 is 5.97 Å². The number of hydrogen-bond acceptors (Lipinski definition) is 3. The van der Waals surface area contributed by atoms with Crippen molar-refractivity contribution in [1.82, 2.24) is 9.80 Å². The number of carboxylic acids is 1. The van der Waals surface area contributed by atoms with Crippen LogP contribution in [0, 0.1) is 0 Å². The van der Waals surface area contributed by atoms with E-state index in [0.29, 0.717) is 12.1 Å². The first-order valence-corrected chi connectivity index (χ1v) is 7.28. The van der Waals surface area contributed by atoms with Crippen LogP contribution >= 0.6 is 0 Å². The lowest BCUT2D eigenvalue weighted by Crippen LogP contribution is -2.49. The van der Waals surface area contributed by atoms with Crippen molar-refractivity contribution >= 4 is 5.97 Å². The Bertz CT molecular complexity index is 286. The summed E-state index contributed by atoms with van der Waals surface area (Å²) in [5, 5.41) is 9.46. The summed E-state index contributed by atoms with van der Waals surface area (Å²) in [5.74, 6) is -0.626. The van der Waals surface area contributed by atoms with E-state index >= 15 is 0 Å². The molecule has 4 heteroatoms. The van der Waals surface area contributed by atoms with Crippen LogP contribution in [0.15, 0.2) is 0 Å². The van der Waals surface area contributed by atoms with Crippen molar-refractivity contribution in [3.8, 4) is 0 Å². The fraction of sp³-hybridized carbons (Fsp3) is 0.929. The molecule has 104 valence electrons. The number of nitrogens with zero attached hydrogens (tertiary/aromatic N) is 2. The molecule has 3 unspecified atom stereocenters. The number of carbonyl (C=O) groups is 1. The first-order valence-electron chi connectivity index (χ1n) is 7.28. The largest absolute Gasteiger partial charge is 0.480 e. The lowest BCUT2D eigenvalue weighted by Gasteiger charge is -2.35. The molecule has 2 aliphatic rings. The number of likely N-dealkylation sites (N-methyl/N-ethyl adjacent to an activating group) is 1. The van der Waals surface area contributed by atoms with Gasteiger partial charge in [-0.3, -0.25) is 9.69 Å². The number of carboxylic acid groups (broad SMARTS) is 1. The third-order valence-corrected chi connectivity index (χ3v) is 4.66. The minimum Gasteiger partial charge on any atom is -0.480 e. The van der Waals surface area contributed by atoms with Crippen molar-refractivity contribution in [1.29, 1.82) is 0 Å². The molecule has 0 bridgehead atoms. The van der Waals surface area contributed by atoms with Gasteiger partial charge in [-0.1, -0.05) is 19.3 Å². The van der Waals surface area contributed by atoms with E-state index in [2.05, 4.69) is 23.8 Å². The van der Waals surface area contributed by atoms with Crippen LogP contribution in [-0.4, -0.2) is 59.1 Å². The lowest BCUT2D eigenvalue weighted by molar-refractivity contribution is -0.145. The van der Waals surface area contributed by atoms with Crippen molar-refractivity contribution in [2.45, 2.75) is 63.6 Å². The zero-order valence-corrected chi connectivity index (χ0v) is 11.6. The highest BCUT2D eigenvalue weighted by Crippen LogP contribution is 2.26. The molecule has 0 aromatic heterocycles. The van der Waals surface area contributed by atoms with Gasteiger partial charge in [-0.15, -0.1) is 0 Å². The average molecular weight is 254 g/mol. The highest BCUT2D eigenvalue weighted by molar-refractivity contribution is 5.73. The van der Waals surface area contributed by atoms with Crippen LogP contribution in [0.2, 0.25) is 0 Å². The molecule has 4 nitrogen and oxygen atoms in total. The van der Waals surface area contributed by atoms with Gasteiger partial charge in [0, 0.05) is 18.6 Å². The molecule has 2 saturated heterocycles. The monoisotopic (exact) mass is 254 g/mol. The molecule has 0 spiro atoms. The molecule has 3 atom stereocenters. The normalized spacial score (nSPS) is 36.2. The van der Waals surface area contributed by atoms with E-state index in [1.807, 2.05) is 0 Å². The van der Waals surface area contributed by atoms with Crippen LogP contribution in [0.3, 0.4) is 0 Å². The van der Waals surface area contributed by atoms with Crippen LogP contribution in [0.1, 0.15) is 45.4 Å². The van der Waals surface area contributed by atoms with Gasteiger partial charge in [0.1, 0.15) is 6.04 Å². The van der Waals surface area contributed by atoms with Crippen LogP contribution in [-0.2, 0) is 4.79 Å².